The Morgan fingerprint density at radius 2 is 2.27 bits per heavy atom. The molecule has 0 atom stereocenters. The highest BCUT2D eigenvalue weighted by atomic mass is 35.5. The Bertz CT molecular complexity index is 346. The summed E-state index contributed by atoms with van der Waals surface area (Å²) in [6.07, 6.45) is 0. The van der Waals surface area contributed by atoms with Gasteiger partial charge in [0.15, 0.2) is 0 Å². The highest BCUT2D eigenvalue weighted by Gasteiger charge is 2.10. The van der Waals surface area contributed by atoms with E-state index in [0.29, 0.717) is 10.7 Å². The van der Waals surface area contributed by atoms with Crippen LogP contribution in [-0.4, -0.2) is 30.8 Å². The lowest BCUT2D eigenvalue weighted by Crippen LogP contribution is -2.31. The number of halogens is 2. The zero-order valence-corrected chi connectivity index (χ0v) is 8.75. The number of benzene rings is 1. The van der Waals surface area contributed by atoms with E-state index >= 15 is 0 Å². The maximum atomic E-state index is 12.2. The molecule has 0 amide bonds. The molecule has 82 valence electrons. The number of rotatable bonds is 5. The molecule has 0 saturated carbocycles. The molecule has 0 aliphatic rings. The molecule has 0 radical (unpaired) electrons. The molecule has 0 unspecified atom stereocenters. The molecule has 0 fully saturated rings. The van der Waals surface area contributed by atoms with Crippen LogP contribution >= 0.6 is 11.6 Å². The van der Waals surface area contributed by atoms with Crippen molar-refractivity contribution in [2.45, 2.75) is 0 Å². The maximum absolute atomic E-state index is 12.2. The van der Waals surface area contributed by atoms with Crippen molar-refractivity contribution in [1.29, 1.82) is 0 Å². The molecule has 0 aliphatic carbocycles. The van der Waals surface area contributed by atoms with Crippen LogP contribution in [0, 0.1) is 0 Å². The van der Waals surface area contributed by atoms with Crippen LogP contribution in [0.2, 0.25) is 5.02 Å². The van der Waals surface area contributed by atoms with Crippen LogP contribution in [0.4, 0.5) is 10.1 Å². The minimum Gasteiger partial charge on any atom is -0.480 e. The molecule has 0 bridgehead atoms. The van der Waals surface area contributed by atoms with Crippen molar-refractivity contribution in [1.82, 2.24) is 0 Å². The number of alkyl halides is 1. The van der Waals surface area contributed by atoms with Crippen LogP contribution in [0.1, 0.15) is 0 Å². The maximum Gasteiger partial charge on any atom is 0.323 e. The molecule has 0 spiro atoms. The van der Waals surface area contributed by atoms with Gasteiger partial charge in [0.05, 0.1) is 0 Å². The second-order valence-corrected chi connectivity index (χ2v) is 3.42. The van der Waals surface area contributed by atoms with Crippen molar-refractivity contribution in [3.63, 3.8) is 0 Å². The zero-order chi connectivity index (χ0) is 11.3. The van der Waals surface area contributed by atoms with Gasteiger partial charge in [-0.15, -0.1) is 0 Å². The summed E-state index contributed by atoms with van der Waals surface area (Å²) < 4.78 is 12.2. The topological polar surface area (TPSA) is 40.5 Å². The standard InChI is InChI=1S/C10H11ClFNO2/c11-8-2-1-3-9(6-8)13(5-4-12)7-10(14)15/h1-3,6H,4-5,7H2,(H,14,15). The van der Waals surface area contributed by atoms with Gasteiger partial charge in [-0.25, -0.2) is 4.39 Å². The molecule has 1 N–H and O–H groups in total. The molecular weight excluding hydrogens is 221 g/mol. The minimum atomic E-state index is -0.997. The van der Waals surface area contributed by atoms with Crippen LogP contribution in [-0.2, 0) is 4.79 Å². The second kappa shape index (κ2) is 5.56. The Hall–Kier alpha value is -1.29. The van der Waals surface area contributed by atoms with Gasteiger partial charge < -0.3 is 10.0 Å². The lowest BCUT2D eigenvalue weighted by molar-refractivity contribution is -0.135. The van der Waals surface area contributed by atoms with Gasteiger partial charge in [-0.2, -0.15) is 0 Å². The Balaban J connectivity index is 2.83. The van der Waals surface area contributed by atoms with Gasteiger partial charge in [-0.1, -0.05) is 17.7 Å². The number of hydrogen-bond donors (Lipinski definition) is 1. The first-order chi connectivity index (χ1) is 7.13. The average molecular weight is 232 g/mol. The van der Waals surface area contributed by atoms with Crippen LogP contribution < -0.4 is 4.90 Å². The van der Waals surface area contributed by atoms with Gasteiger partial charge >= 0.3 is 5.97 Å². The zero-order valence-electron chi connectivity index (χ0n) is 7.99. The predicted octanol–water partition coefficient (Wildman–Crippen LogP) is 2.20. The van der Waals surface area contributed by atoms with E-state index in [1.807, 2.05) is 0 Å². The number of carboxylic acid groups (broad SMARTS) is 1. The van der Waals surface area contributed by atoms with Crippen molar-refractivity contribution < 1.29 is 14.3 Å². The van der Waals surface area contributed by atoms with E-state index in [9.17, 15) is 9.18 Å². The van der Waals surface area contributed by atoms with E-state index in [4.69, 9.17) is 16.7 Å². The van der Waals surface area contributed by atoms with Gasteiger partial charge in [-0.3, -0.25) is 4.79 Å². The van der Waals surface area contributed by atoms with Crippen molar-refractivity contribution in [3.8, 4) is 0 Å². The Morgan fingerprint density at radius 3 is 2.80 bits per heavy atom. The highest BCUT2D eigenvalue weighted by molar-refractivity contribution is 6.30. The van der Waals surface area contributed by atoms with E-state index in [1.54, 1.807) is 24.3 Å². The molecule has 0 aliphatic heterocycles. The van der Waals surface area contributed by atoms with Gasteiger partial charge in [0.25, 0.3) is 0 Å². The summed E-state index contributed by atoms with van der Waals surface area (Å²) >= 11 is 5.76. The quantitative estimate of drug-likeness (QED) is 0.845. The van der Waals surface area contributed by atoms with E-state index in [-0.39, 0.29) is 13.1 Å². The Kier molecular flexibility index (Phi) is 4.37. The fraction of sp³-hybridized carbons (Fsp3) is 0.300. The monoisotopic (exact) mass is 231 g/mol. The molecule has 3 nitrogen and oxygen atoms in total. The number of carboxylic acids is 1. The number of anilines is 1. The highest BCUT2D eigenvalue weighted by Crippen LogP contribution is 2.19. The Labute approximate surface area is 92.1 Å². The molecule has 5 heteroatoms. The summed E-state index contributed by atoms with van der Waals surface area (Å²) in [4.78, 5) is 12.0. The molecule has 1 rings (SSSR count). The summed E-state index contributed by atoms with van der Waals surface area (Å²) in [6, 6.07) is 6.69. The van der Waals surface area contributed by atoms with Crippen molar-refractivity contribution in [3.05, 3.63) is 29.3 Å². The van der Waals surface area contributed by atoms with Crippen molar-refractivity contribution in [2.24, 2.45) is 0 Å². The molecule has 1 aromatic carbocycles. The number of aliphatic carboxylic acids is 1. The fourth-order valence-corrected chi connectivity index (χ4v) is 1.42. The predicted molar refractivity (Wildman–Crippen MR) is 57.3 cm³/mol. The first-order valence-electron chi connectivity index (χ1n) is 4.41. The van der Waals surface area contributed by atoms with Gasteiger partial charge in [-0.05, 0) is 18.2 Å². The molecule has 15 heavy (non-hydrogen) atoms. The smallest absolute Gasteiger partial charge is 0.323 e. The molecule has 1 aromatic rings. The lowest BCUT2D eigenvalue weighted by atomic mass is 10.3. The third kappa shape index (κ3) is 3.75. The van der Waals surface area contributed by atoms with Crippen molar-refractivity contribution >= 4 is 23.3 Å². The van der Waals surface area contributed by atoms with E-state index in [2.05, 4.69) is 0 Å². The number of hydrogen-bond acceptors (Lipinski definition) is 2. The molecule has 0 heterocycles. The van der Waals surface area contributed by atoms with Crippen molar-refractivity contribution in [2.75, 3.05) is 24.7 Å². The van der Waals surface area contributed by atoms with Crippen LogP contribution in [0.5, 0.6) is 0 Å². The first-order valence-corrected chi connectivity index (χ1v) is 4.79. The molecule has 0 saturated heterocycles. The van der Waals surface area contributed by atoms with E-state index < -0.39 is 12.6 Å². The van der Waals surface area contributed by atoms with E-state index in [1.165, 1.54) is 4.90 Å². The van der Waals surface area contributed by atoms with Crippen LogP contribution in [0.15, 0.2) is 24.3 Å². The van der Waals surface area contributed by atoms with Crippen LogP contribution in [0.3, 0.4) is 0 Å². The van der Waals surface area contributed by atoms with Gasteiger partial charge in [0.2, 0.25) is 0 Å². The third-order valence-corrected chi connectivity index (χ3v) is 2.09. The molecule has 0 aromatic heterocycles. The third-order valence-electron chi connectivity index (χ3n) is 1.85. The number of carbonyl (C=O) groups is 1. The minimum absolute atomic E-state index is 0.0483. The van der Waals surface area contributed by atoms with Gasteiger partial charge in [0.1, 0.15) is 13.2 Å². The van der Waals surface area contributed by atoms with Gasteiger partial charge in [0, 0.05) is 17.3 Å². The first kappa shape index (κ1) is 11.8. The van der Waals surface area contributed by atoms with E-state index in [0.717, 1.165) is 0 Å². The summed E-state index contributed by atoms with van der Waals surface area (Å²) in [7, 11) is 0. The summed E-state index contributed by atoms with van der Waals surface area (Å²) in [5, 5.41) is 9.15. The fourth-order valence-electron chi connectivity index (χ4n) is 1.24. The summed E-state index contributed by atoms with van der Waals surface area (Å²) in [5.41, 5.74) is 0.613. The summed E-state index contributed by atoms with van der Waals surface area (Å²) in [5.74, 6) is -0.997. The second-order valence-electron chi connectivity index (χ2n) is 2.98. The Morgan fingerprint density at radius 1 is 1.53 bits per heavy atom. The normalized spacial score (nSPS) is 10.0. The number of nitrogens with zero attached hydrogens (tertiary/aromatic N) is 1. The average Bonchev–Trinajstić information content (AvgIpc) is 2.16. The summed E-state index contributed by atoms with van der Waals surface area (Å²) in [6.45, 7) is -0.781. The SMILES string of the molecule is O=C(O)CN(CCF)c1cccc(Cl)c1. The molecular formula is C10H11ClFNO2. The lowest BCUT2D eigenvalue weighted by Gasteiger charge is -2.21. The largest absolute Gasteiger partial charge is 0.480 e. The van der Waals surface area contributed by atoms with Crippen LogP contribution in [0.25, 0.3) is 0 Å².